The van der Waals surface area contributed by atoms with Gasteiger partial charge in [0.1, 0.15) is 11.6 Å². The number of hydrogen-bond acceptors (Lipinski definition) is 2. The summed E-state index contributed by atoms with van der Waals surface area (Å²) in [6.07, 6.45) is 1.64. The number of halogens is 3. The molecule has 2 aromatic rings. The van der Waals surface area contributed by atoms with Crippen LogP contribution in [0.3, 0.4) is 0 Å². The van der Waals surface area contributed by atoms with Crippen LogP contribution < -0.4 is 5.32 Å². The fourth-order valence-corrected chi connectivity index (χ4v) is 2.71. The number of aryl methyl sites for hydroxylation is 1. The molecule has 1 unspecified atom stereocenters. The van der Waals surface area contributed by atoms with Crippen molar-refractivity contribution in [3.8, 4) is 0 Å². The van der Waals surface area contributed by atoms with Gasteiger partial charge in [-0.05, 0) is 43.0 Å². The van der Waals surface area contributed by atoms with Crippen LogP contribution in [-0.4, -0.2) is 17.6 Å². The van der Waals surface area contributed by atoms with E-state index < -0.39 is 17.7 Å². The van der Waals surface area contributed by atoms with Crippen molar-refractivity contribution < 1.29 is 18.7 Å². The Bertz CT molecular complexity index is 707. The van der Waals surface area contributed by atoms with Crippen molar-refractivity contribution in [2.45, 2.75) is 31.8 Å². The first-order chi connectivity index (χ1) is 12.0. The number of hydrogen-bond donors (Lipinski definition) is 2. The normalized spacial score (nSPS) is 12.0. The first-order valence-electron chi connectivity index (χ1n) is 8.10. The highest BCUT2D eigenvalue weighted by atomic mass is 79.9. The molecular formula is C19H20BrF2NO2. The van der Waals surface area contributed by atoms with Gasteiger partial charge in [-0.3, -0.25) is 4.79 Å². The zero-order valence-corrected chi connectivity index (χ0v) is 15.2. The lowest BCUT2D eigenvalue weighted by atomic mass is 10.1. The van der Waals surface area contributed by atoms with Crippen molar-refractivity contribution in [3.05, 3.63) is 69.7 Å². The quantitative estimate of drug-likeness (QED) is 0.636. The number of rotatable bonds is 8. The van der Waals surface area contributed by atoms with Crippen molar-refractivity contribution in [3.63, 3.8) is 0 Å². The number of aliphatic hydroxyl groups is 1. The molecule has 0 heterocycles. The molecule has 0 bridgehead atoms. The lowest BCUT2D eigenvalue weighted by Gasteiger charge is -2.13. The number of aliphatic hydroxyl groups excluding tert-OH is 1. The largest absolute Gasteiger partial charge is 0.386 e. The molecule has 1 amide bonds. The van der Waals surface area contributed by atoms with Crippen LogP contribution in [0.25, 0.3) is 0 Å². The standard InChI is InChI=1S/C19H20BrF2NO2/c20-14-7-5-13(6-8-14)3-1-2-4-19(25)23-12-18(24)16-10-9-15(21)11-17(16)22/h5-11,18,24H,1-4,12H2,(H,23,25). The van der Waals surface area contributed by atoms with Gasteiger partial charge in [0, 0.05) is 29.1 Å². The number of carbonyl (C=O) groups excluding carboxylic acids is 1. The topological polar surface area (TPSA) is 49.3 Å². The van der Waals surface area contributed by atoms with Crippen molar-refractivity contribution >= 4 is 21.8 Å². The molecule has 2 rings (SSSR count). The van der Waals surface area contributed by atoms with Gasteiger partial charge in [0.25, 0.3) is 0 Å². The summed E-state index contributed by atoms with van der Waals surface area (Å²) in [7, 11) is 0. The molecule has 0 saturated carbocycles. The van der Waals surface area contributed by atoms with E-state index in [9.17, 15) is 18.7 Å². The van der Waals surface area contributed by atoms with E-state index >= 15 is 0 Å². The molecular weight excluding hydrogens is 392 g/mol. The Kier molecular flexibility index (Phi) is 7.52. The van der Waals surface area contributed by atoms with Crippen LogP contribution in [0.4, 0.5) is 8.78 Å². The molecule has 0 aromatic heterocycles. The van der Waals surface area contributed by atoms with Crippen molar-refractivity contribution in [2.75, 3.05) is 6.54 Å². The molecule has 0 radical (unpaired) electrons. The number of unbranched alkanes of at least 4 members (excludes halogenated alkanes) is 1. The highest BCUT2D eigenvalue weighted by Crippen LogP contribution is 2.17. The fraction of sp³-hybridized carbons (Fsp3) is 0.316. The molecule has 134 valence electrons. The van der Waals surface area contributed by atoms with E-state index in [1.54, 1.807) is 0 Å². The second kappa shape index (κ2) is 9.63. The molecule has 0 aliphatic carbocycles. The summed E-state index contributed by atoms with van der Waals surface area (Å²) < 4.78 is 27.4. The van der Waals surface area contributed by atoms with Gasteiger partial charge >= 0.3 is 0 Å². The summed E-state index contributed by atoms with van der Waals surface area (Å²) in [5.74, 6) is -1.73. The molecule has 0 fully saturated rings. The Morgan fingerprint density at radius 2 is 1.84 bits per heavy atom. The summed E-state index contributed by atoms with van der Waals surface area (Å²) in [4.78, 5) is 11.8. The Labute approximate surface area is 154 Å². The molecule has 25 heavy (non-hydrogen) atoms. The van der Waals surface area contributed by atoms with E-state index in [2.05, 4.69) is 21.2 Å². The molecule has 3 nitrogen and oxygen atoms in total. The van der Waals surface area contributed by atoms with E-state index in [4.69, 9.17) is 0 Å². The molecule has 0 spiro atoms. The smallest absolute Gasteiger partial charge is 0.220 e. The van der Waals surface area contributed by atoms with Crippen molar-refractivity contribution in [2.24, 2.45) is 0 Å². The van der Waals surface area contributed by atoms with Gasteiger partial charge in [-0.1, -0.05) is 34.1 Å². The first kappa shape index (κ1) is 19.5. The third-order valence-electron chi connectivity index (χ3n) is 3.85. The Morgan fingerprint density at radius 1 is 1.12 bits per heavy atom. The maximum Gasteiger partial charge on any atom is 0.220 e. The Morgan fingerprint density at radius 3 is 2.52 bits per heavy atom. The monoisotopic (exact) mass is 411 g/mol. The van der Waals surface area contributed by atoms with Gasteiger partial charge < -0.3 is 10.4 Å². The summed E-state index contributed by atoms with van der Waals surface area (Å²) in [5.41, 5.74) is 1.18. The maximum atomic E-state index is 13.5. The number of carbonyl (C=O) groups is 1. The van der Waals surface area contributed by atoms with Crippen molar-refractivity contribution in [1.29, 1.82) is 0 Å². The highest BCUT2D eigenvalue weighted by Gasteiger charge is 2.14. The molecule has 2 aromatic carbocycles. The first-order valence-corrected chi connectivity index (χ1v) is 8.89. The molecule has 0 aliphatic heterocycles. The van der Waals surface area contributed by atoms with Crippen LogP contribution in [-0.2, 0) is 11.2 Å². The van der Waals surface area contributed by atoms with Gasteiger partial charge in [-0.2, -0.15) is 0 Å². The van der Waals surface area contributed by atoms with E-state index in [-0.39, 0.29) is 18.0 Å². The molecule has 2 N–H and O–H groups in total. The summed E-state index contributed by atoms with van der Waals surface area (Å²) in [6, 6.07) is 11.0. The Hall–Kier alpha value is -1.79. The van der Waals surface area contributed by atoms with Crippen LogP contribution >= 0.6 is 15.9 Å². The zero-order chi connectivity index (χ0) is 18.2. The number of amides is 1. The highest BCUT2D eigenvalue weighted by molar-refractivity contribution is 9.10. The lowest BCUT2D eigenvalue weighted by Crippen LogP contribution is -2.28. The average Bonchev–Trinajstić information content (AvgIpc) is 2.58. The predicted octanol–water partition coefficient (Wildman–Crippen LogP) is 4.29. The van der Waals surface area contributed by atoms with Crippen LogP contribution in [0.5, 0.6) is 0 Å². The summed E-state index contributed by atoms with van der Waals surface area (Å²) >= 11 is 3.38. The second-order valence-corrected chi connectivity index (χ2v) is 6.73. The SMILES string of the molecule is O=C(CCCCc1ccc(Br)cc1)NCC(O)c1ccc(F)cc1F. The van der Waals surface area contributed by atoms with Crippen molar-refractivity contribution in [1.82, 2.24) is 5.32 Å². The third kappa shape index (κ3) is 6.55. The minimum Gasteiger partial charge on any atom is -0.386 e. The minimum atomic E-state index is -1.20. The minimum absolute atomic E-state index is 0.0306. The molecule has 1 atom stereocenters. The van der Waals surface area contributed by atoms with E-state index in [0.717, 1.165) is 29.8 Å². The summed E-state index contributed by atoms with van der Waals surface area (Å²) in [5, 5.41) is 12.5. The average molecular weight is 412 g/mol. The van der Waals surface area contributed by atoms with E-state index in [1.807, 2.05) is 24.3 Å². The number of nitrogens with one attached hydrogen (secondary N) is 1. The van der Waals surface area contributed by atoms with Crippen LogP contribution in [0.15, 0.2) is 46.9 Å². The van der Waals surface area contributed by atoms with Gasteiger partial charge in [-0.25, -0.2) is 8.78 Å². The van der Waals surface area contributed by atoms with Crippen LogP contribution in [0, 0.1) is 11.6 Å². The van der Waals surface area contributed by atoms with Crippen LogP contribution in [0.2, 0.25) is 0 Å². The molecule has 0 saturated heterocycles. The van der Waals surface area contributed by atoms with Gasteiger partial charge in [0.05, 0.1) is 6.10 Å². The maximum absolute atomic E-state index is 13.5. The fourth-order valence-electron chi connectivity index (χ4n) is 2.45. The Balaban J connectivity index is 1.67. The second-order valence-electron chi connectivity index (χ2n) is 5.82. The molecule has 0 aliphatic rings. The van der Waals surface area contributed by atoms with Crippen LogP contribution in [0.1, 0.15) is 36.5 Å². The van der Waals surface area contributed by atoms with Gasteiger partial charge in [0.15, 0.2) is 0 Å². The lowest BCUT2D eigenvalue weighted by molar-refractivity contribution is -0.121. The third-order valence-corrected chi connectivity index (χ3v) is 4.38. The number of benzene rings is 2. The van der Waals surface area contributed by atoms with E-state index in [0.29, 0.717) is 12.5 Å². The van der Waals surface area contributed by atoms with Gasteiger partial charge in [-0.15, -0.1) is 0 Å². The predicted molar refractivity (Wildman–Crippen MR) is 96.0 cm³/mol. The van der Waals surface area contributed by atoms with E-state index in [1.165, 1.54) is 11.6 Å². The summed E-state index contributed by atoms with van der Waals surface area (Å²) in [6.45, 7) is -0.103. The van der Waals surface area contributed by atoms with Gasteiger partial charge in [0.2, 0.25) is 5.91 Å². The molecule has 6 heteroatoms. The zero-order valence-electron chi connectivity index (χ0n) is 13.6.